The summed E-state index contributed by atoms with van der Waals surface area (Å²) in [6.45, 7) is 3.52. The monoisotopic (exact) mass is 460 g/mol. The predicted octanol–water partition coefficient (Wildman–Crippen LogP) is 2.06. The van der Waals surface area contributed by atoms with Crippen molar-refractivity contribution in [2.75, 3.05) is 72.7 Å². The molecular weight excluding hydrogens is 428 g/mol. The van der Waals surface area contributed by atoms with Crippen LogP contribution in [-0.4, -0.2) is 89.8 Å². The summed E-state index contributed by atoms with van der Waals surface area (Å²) in [5, 5.41) is 10.4. The van der Waals surface area contributed by atoms with Gasteiger partial charge in [0.1, 0.15) is 18.5 Å². The number of esters is 1. The van der Waals surface area contributed by atoms with Crippen LogP contribution in [0.2, 0.25) is 0 Å². The molecule has 0 saturated carbocycles. The summed E-state index contributed by atoms with van der Waals surface area (Å²) in [5.41, 5.74) is 1.32. The van der Waals surface area contributed by atoms with Crippen LogP contribution in [-0.2, 0) is 4.74 Å². The number of benzene rings is 2. The van der Waals surface area contributed by atoms with E-state index in [1.54, 1.807) is 7.11 Å². The number of piperazine rings is 1. The Kier molecular flexibility index (Phi) is 8.62. The fourth-order valence-corrected chi connectivity index (χ4v) is 3.87. The van der Waals surface area contributed by atoms with Gasteiger partial charge in [-0.05, 0) is 24.3 Å². The highest BCUT2D eigenvalue weighted by atomic mass is 16.5. The number of methoxy groups -OCH3 is 4. The average Bonchev–Trinajstić information content (AvgIpc) is 2.86. The highest BCUT2D eigenvalue weighted by Gasteiger charge is 2.23. The third kappa shape index (κ3) is 6.00. The van der Waals surface area contributed by atoms with Crippen molar-refractivity contribution in [2.24, 2.45) is 0 Å². The summed E-state index contributed by atoms with van der Waals surface area (Å²) in [4.78, 5) is 16.9. The molecule has 0 aliphatic carbocycles. The number of anilines is 1. The minimum Gasteiger partial charge on any atom is -0.495 e. The number of β-amino-alcohol motifs (C(OH)–C–C–N with tert-alkyl or cyclic N) is 1. The molecule has 9 nitrogen and oxygen atoms in total. The molecule has 9 heteroatoms. The van der Waals surface area contributed by atoms with Gasteiger partial charge >= 0.3 is 5.97 Å². The van der Waals surface area contributed by atoms with Crippen molar-refractivity contribution in [1.29, 1.82) is 0 Å². The molecule has 1 unspecified atom stereocenters. The summed E-state index contributed by atoms with van der Waals surface area (Å²) >= 11 is 0. The first-order chi connectivity index (χ1) is 16.0. The van der Waals surface area contributed by atoms with Gasteiger partial charge in [-0.15, -0.1) is 0 Å². The van der Waals surface area contributed by atoms with Crippen LogP contribution in [0.1, 0.15) is 10.4 Å². The lowest BCUT2D eigenvalue weighted by atomic mass is 10.2. The topological polar surface area (TPSA) is 89.9 Å². The normalized spacial score (nSPS) is 15.0. The Morgan fingerprint density at radius 3 is 2.09 bits per heavy atom. The van der Waals surface area contributed by atoms with Gasteiger partial charge in [0.25, 0.3) is 0 Å². The van der Waals surface area contributed by atoms with Gasteiger partial charge in [0, 0.05) is 32.7 Å². The Morgan fingerprint density at radius 2 is 1.52 bits per heavy atom. The van der Waals surface area contributed by atoms with Gasteiger partial charge in [-0.25, -0.2) is 4.79 Å². The highest BCUT2D eigenvalue weighted by Crippen LogP contribution is 2.38. The zero-order valence-electron chi connectivity index (χ0n) is 19.6. The molecule has 0 radical (unpaired) electrons. The molecular formula is C24H32N2O7. The second-order valence-electron chi connectivity index (χ2n) is 7.63. The van der Waals surface area contributed by atoms with Crippen molar-refractivity contribution >= 4 is 11.7 Å². The van der Waals surface area contributed by atoms with Crippen LogP contribution >= 0.6 is 0 Å². The van der Waals surface area contributed by atoms with Gasteiger partial charge in [0.05, 0.1) is 39.7 Å². The first-order valence-electron chi connectivity index (χ1n) is 10.8. The maximum atomic E-state index is 12.5. The third-order valence-corrected chi connectivity index (χ3v) is 5.57. The van der Waals surface area contributed by atoms with Gasteiger partial charge in [0.15, 0.2) is 11.5 Å². The van der Waals surface area contributed by atoms with Gasteiger partial charge in [-0.2, -0.15) is 0 Å². The van der Waals surface area contributed by atoms with Crippen LogP contribution in [0.5, 0.6) is 23.0 Å². The first-order valence-corrected chi connectivity index (χ1v) is 10.8. The molecule has 33 heavy (non-hydrogen) atoms. The SMILES string of the molecule is COc1ccccc1N1CCN(CC(O)COC(=O)c2cc(OC)c(OC)c(OC)c2)CC1. The van der Waals surface area contributed by atoms with Gasteiger partial charge in [0.2, 0.25) is 5.75 Å². The lowest BCUT2D eigenvalue weighted by Crippen LogP contribution is -2.49. The summed E-state index contributed by atoms with van der Waals surface area (Å²) in [5.74, 6) is 1.39. The van der Waals surface area contributed by atoms with E-state index < -0.39 is 12.1 Å². The quantitative estimate of drug-likeness (QED) is 0.535. The number of rotatable bonds is 10. The summed E-state index contributed by atoms with van der Waals surface area (Å²) in [7, 11) is 6.11. The molecule has 3 rings (SSSR count). The van der Waals surface area contributed by atoms with E-state index in [0.29, 0.717) is 23.8 Å². The van der Waals surface area contributed by atoms with E-state index in [0.717, 1.165) is 37.6 Å². The van der Waals surface area contributed by atoms with Crippen molar-refractivity contribution < 1.29 is 33.6 Å². The van der Waals surface area contributed by atoms with Crippen molar-refractivity contribution in [3.63, 3.8) is 0 Å². The van der Waals surface area contributed by atoms with Crippen molar-refractivity contribution in [1.82, 2.24) is 4.90 Å². The zero-order valence-corrected chi connectivity index (χ0v) is 19.6. The molecule has 2 aromatic carbocycles. The molecule has 1 fully saturated rings. The second kappa shape index (κ2) is 11.6. The molecule has 180 valence electrons. The third-order valence-electron chi connectivity index (χ3n) is 5.57. The number of hydrogen-bond acceptors (Lipinski definition) is 9. The van der Waals surface area contributed by atoms with Crippen LogP contribution < -0.4 is 23.8 Å². The lowest BCUT2D eigenvalue weighted by molar-refractivity contribution is 0.0151. The second-order valence-corrected chi connectivity index (χ2v) is 7.63. The Bertz CT molecular complexity index is 904. The van der Waals surface area contributed by atoms with Gasteiger partial charge < -0.3 is 33.7 Å². The molecule has 0 spiro atoms. The fraction of sp³-hybridized carbons (Fsp3) is 0.458. The van der Waals surface area contributed by atoms with Crippen LogP contribution in [0.25, 0.3) is 0 Å². The van der Waals surface area contributed by atoms with Crippen LogP contribution in [0.15, 0.2) is 36.4 Å². The first kappa shape index (κ1) is 24.5. The van der Waals surface area contributed by atoms with E-state index in [1.807, 2.05) is 24.3 Å². The summed E-state index contributed by atoms with van der Waals surface area (Å²) < 4.78 is 26.6. The molecule has 1 atom stereocenters. The average molecular weight is 461 g/mol. The van der Waals surface area contributed by atoms with Crippen LogP contribution in [0, 0.1) is 0 Å². The maximum Gasteiger partial charge on any atom is 0.338 e. The molecule has 0 amide bonds. The fourth-order valence-electron chi connectivity index (χ4n) is 3.87. The number of carbonyl (C=O) groups excluding carboxylic acids is 1. The van der Waals surface area contributed by atoms with Crippen LogP contribution in [0.4, 0.5) is 5.69 Å². The summed E-state index contributed by atoms with van der Waals surface area (Å²) in [6, 6.07) is 11.0. The number of nitrogens with zero attached hydrogens (tertiary/aromatic N) is 2. The van der Waals surface area contributed by atoms with E-state index in [-0.39, 0.29) is 12.2 Å². The Balaban J connectivity index is 1.50. The number of ether oxygens (including phenoxy) is 5. The standard InChI is InChI=1S/C24H32N2O7/c1-29-20-8-6-5-7-19(20)26-11-9-25(10-12-26)15-18(27)16-33-24(28)17-13-21(30-2)23(32-4)22(14-17)31-3/h5-8,13-14,18,27H,9-12,15-16H2,1-4H3. The van der Waals surface area contributed by atoms with Crippen LogP contribution in [0.3, 0.4) is 0 Å². The lowest BCUT2D eigenvalue weighted by Gasteiger charge is -2.37. The Morgan fingerprint density at radius 1 is 0.909 bits per heavy atom. The molecule has 2 aromatic rings. The van der Waals surface area contributed by atoms with E-state index in [1.165, 1.54) is 33.5 Å². The molecule has 0 aromatic heterocycles. The minimum atomic E-state index is -0.797. The maximum absolute atomic E-state index is 12.5. The van der Waals surface area contributed by atoms with E-state index >= 15 is 0 Å². The molecule has 1 aliphatic rings. The van der Waals surface area contributed by atoms with Crippen molar-refractivity contribution in [3.05, 3.63) is 42.0 Å². The Hall–Kier alpha value is -3.17. The van der Waals surface area contributed by atoms with Gasteiger partial charge in [-0.3, -0.25) is 4.90 Å². The molecule has 1 aliphatic heterocycles. The molecule has 1 saturated heterocycles. The van der Waals surface area contributed by atoms with Crippen molar-refractivity contribution in [2.45, 2.75) is 6.10 Å². The predicted molar refractivity (Wildman–Crippen MR) is 124 cm³/mol. The highest BCUT2D eigenvalue weighted by molar-refractivity contribution is 5.91. The number of aliphatic hydroxyl groups is 1. The molecule has 1 N–H and O–H groups in total. The van der Waals surface area contributed by atoms with E-state index in [9.17, 15) is 9.90 Å². The van der Waals surface area contributed by atoms with E-state index in [4.69, 9.17) is 23.7 Å². The van der Waals surface area contributed by atoms with Crippen molar-refractivity contribution in [3.8, 4) is 23.0 Å². The largest absolute Gasteiger partial charge is 0.495 e. The minimum absolute atomic E-state index is 0.109. The number of hydrogen-bond donors (Lipinski definition) is 1. The summed E-state index contributed by atoms with van der Waals surface area (Å²) in [6.07, 6.45) is -0.797. The Labute approximate surface area is 194 Å². The molecule has 0 bridgehead atoms. The van der Waals surface area contributed by atoms with E-state index in [2.05, 4.69) is 9.80 Å². The smallest absolute Gasteiger partial charge is 0.338 e. The number of aliphatic hydroxyl groups excluding tert-OH is 1. The number of para-hydroxylation sites is 2. The van der Waals surface area contributed by atoms with Gasteiger partial charge in [-0.1, -0.05) is 12.1 Å². The molecule has 1 heterocycles. The zero-order chi connectivity index (χ0) is 23.8. The number of carbonyl (C=O) groups is 1.